The molecule has 0 aliphatic rings. The second-order valence-corrected chi connectivity index (χ2v) is 5.81. The number of rotatable bonds is 3. The Morgan fingerprint density at radius 2 is 1.79 bits per heavy atom. The summed E-state index contributed by atoms with van der Waals surface area (Å²) in [6.45, 7) is 3.19. The van der Waals surface area contributed by atoms with Crippen LogP contribution in [0.5, 0.6) is 0 Å². The standard InChI is InChI=1S/C12H15BrF3NO.ClH/c1-11(2,6-18)10(17)7-3-8(12(14,15)16)5-9(13)4-7;/h3-5,10,18H,6,17H2,1-2H3;1H/t10-;/m1./s1. The monoisotopic (exact) mass is 361 g/mol. The molecule has 0 fully saturated rings. The van der Waals surface area contributed by atoms with Gasteiger partial charge in [0.1, 0.15) is 0 Å². The number of hydrogen-bond donors (Lipinski definition) is 2. The number of aliphatic hydroxyl groups is 1. The molecule has 2 nitrogen and oxygen atoms in total. The van der Waals surface area contributed by atoms with E-state index in [-0.39, 0.29) is 19.0 Å². The van der Waals surface area contributed by atoms with Crippen LogP contribution in [0.25, 0.3) is 0 Å². The number of benzene rings is 1. The molecule has 1 atom stereocenters. The highest BCUT2D eigenvalue weighted by atomic mass is 79.9. The number of alkyl halides is 3. The molecule has 3 N–H and O–H groups in total. The van der Waals surface area contributed by atoms with Crippen LogP contribution >= 0.6 is 28.3 Å². The van der Waals surface area contributed by atoms with Crippen molar-refractivity contribution in [2.24, 2.45) is 11.1 Å². The maximum Gasteiger partial charge on any atom is 0.416 e. The molecule has 0 saturated carbocycles. The summed E-state index contributed by atoms with van der Waals surface area (Å²) in [7, 11) is 0. The molecular weight excluding hydrogens is 346 g/mol. The number of aliphatic hydroxyl groups excluding tert-OH is 1. The molecule has 0 aliphatic carbocycles. The maximum atomic E-state index is 12.7. The Bertz CT molecular complexity index is 437. The summed E-state index contributed by atoms with van der Waals surface area (Å²) in [5.74, 6) is 0. The third-order valence-electron chi connectivity index (χ3n) is 2.86. The highest BCUT2D eigenvalue weighted by molar-refractivity contribution is 9.10. The van der Waals surface area contributed by atoms with E-state index in [1.165, 1.54) is 6.07 Å². The molecule has 0 aromatic heterocycles. The molecule has 1 aromatic rings. The summed E-state index contributed by atoms with van der Waals surface area (Å²) < 4.78 is 38.4. The van der Waals surface area contributed by atoms with Crippen molar-refractivity contribution in [1.29, 1.82) is 0 Å². The first kappa shape index (κ1) is 18.7. The molecule has 0 radical (unpaired) electrons. The van der Waals surface area contributed by atoms with Crippen molar-refractivity contribution >= 4 is 28.3 Å². The van der Waals surface area contributed by atoms with Crippen LogP contribution < -0.4 is 5.73 Å². The van der Waals surface area contributed by atoms with E-state index in [9.17, 15) is 18.3 Å². The SMILES string of the molecule is CC(C)(CO)[C@H](N)c1cc(Br)cc(C(F)(F)F)c1.Cl. The van der Waals surface area contributed by atoms with E-state index >= 15 is 0 Å². The normalized spacial score (nSPS) is 13.9. The first-order valence-electron chi connectivity index (χ1n) is 5.32. The van der Waals surface area contributed by atoms with Crippen molar-refractivity contribution in [1.82, 2.24) is 0 Å². The van der Waals surface area contributed by atoms with Gasteiger partial charge in [0.15, 0.2) is 0 Å². The number of halogens is 5. The quantitative estimate of drug-likeness (QED) is 0.856. The van der Waals surface area contributed by atoms with E-state index in [1.54, 1.807) is 13.8 Å². The van der Waals surface area contributed by atoms with Crippen LogP contribution in [0, 0.1) is 5.41 Å². The number of hydrogen-bond acceptors (Lipinski definition) is 2. The van der Waals surface area contributed by atoms with E-state index in [0.717, 1.165) is 12.1 Å². The second kappa shape index (κ2) is 6.43. The highest BCUT2D eigenvalue weighted by Crippen LogP contribution is 2.37. The van der Waals surface area contributed by atoms with Gasteiger partial charge in [-0.1, -0.05) is 29.8 Å². The maximum absolute atomic E-state index is 12.7. The predicted octanol–water partition coefficient (Wildman–Crippen LogP) is 3.91. The fourth-order valence-electron chi connectivity index (χ4n) is 1.51. The molecule has 0 unspecified atom stereocenters. The third-order valence-corrected chi connectivity index (χ3v) is 3.31. The van der Waals surface area contributed by atoms with Crippen molar-refractivity contribution < 1.29 is 18.3 Å². The zero-order chi connectivity index (χ0) is 14.1. The Labute approximate surface area is 124 Å². The van der Waals surface area contributed by atoms with Gasteiger partial charge in [0.05, 0.1) is 5.56 Å². The van der Waals surface area contributed by atoms with Gasteiger partial charge < -0.3 is 10.8 Å². The summed E-state index contributed by atoms with van der Waals surface area (Å²) in [6.07, 6.45) is -4.42. The lowest BCUT2D eigenvalue weighted by atomic mass is 9.81. The first-order valence-corrected chi connectivity index (χ1v) is 6.11. The van der Waals surface area contributed by atoms with Gasteiger partial charge >= 0.3 is 6.18 Å². The average molecular weight is 363 g/mol. The molecule has 0 heterocycles. The van der Waals surface area contributed by atoms with E-state index in [1.807, 2.05) is 0 Å². The lowest BCUT2D eigenvalue weighted by Crippen LogP contribution is -2.32. The minimum Gasteiger partial charge on any atom is -0.396 e. The fourth-order valence-corrected chi connectivity index (χ4v) is 2.02. The Morgan fingerprint density at radius 1 is 1.26 bits per heavy atom. The third kappa shape index (κ3) is 4.63. The Hall–Kier alpha value is -0.300. The van der Waals surface area contributed by atoms with Gasteiger partial charge in [-0.05, 0) is 23.8 Å². The van der Waals surface area contributed by atoms with Crippen molar-refractivity contribution in [2.45, 2.75) is 26.1 Å². The Balaban J connectivity index is 0.00000324. The van der Waals surface area contributed by atoms with Crippen LogP contribution in [-0.2, 0) is 6.18 Å². The van der Waals surface area contributed by atoms with E-state index in [4.69, 9.17) is 5.73 Å². The molecule has 110 valence electrons. The molecule has 1 aromatic carbocycles. The number of nitrogens with two attached hydrogens (primary N) is 1. The van der Waals surface area contributed by atoms with Crippen LogP contribution in [0.1, 0.15) is 31.0 Å². The Morgan fingerprint density at radius 3 is 2.21 bits per heavy atom. The van der Waals surface area contributed by atoms with Gasteiger partial charge in [-0.3, -0.25) is 0 Å². The average Bonchev–Trinajstić information content (AvgIpc) is 2.26. The van der Waals surface area contributed by atoms with Crippen LogP contribution in [0.15, 0.2) is 22.7 Å². The summed E-state index contributed by atoms with van der Waals surface area (Å²) in [5.41, 5.74) is 4.81. The van der Waals surface area contributed by atoms with Crippen LogP contribution in [-0.4, -0.2) is 11.7 Å². The molecule has 19 heavy (non-hydrogen) atoms. The molecule has 0 aliphatic heterocycles. The fraction of sp³-hybridized carbons (Fsp3) is 0.500. The predicted molar refractivity (Wildman–Crippen MR) is 74.2 cm³/mol. The molecule has 0 spiro atoms. The zero-order valence-corrected chi connectivity index (χ0v) is 12.9. The van der Waals surface area contributed by atoms with E-state index in [2.05, 4.69) is 15.9 Å². The highest BCUT2D eigenvalue weighted by Gasteiger charge is 2.33. The molecule has 0 saturated heterocycles. The van der Waals surface area contributed by atoms with Gasteiger partial charge in [-0.25, -0.2) is 0 Å². The van der Waals surface area contributed by atoms with E-state index in [0.29, 0.717) is 10.0 Å². The lowest BCUT2D eigenvalue weighted by Gasteiger charge is -2.30. The van der Waals surface area contributed by atoms with Crippen molar-refractivity contribution in [3.8, 4) is 0 Å². The van der Waals surface area contributed by atoms with E-state index < -0.39 is 23.2 Å². The van der Waals surface area contributed by atoms with Crippen molar-refractivity contribution in [3.05, 3.63) is 33.8 Å². The summed E-state index contributed by atoms with van der Waals surface area (Å²) in [5, 5.41) is 9.21. The van der Waals surface area contributed by atoms with Crippen LogP contribution in [0.2, 0.25) is 0 Å². The van der Waals surface area contributed by atoms with Gasteiger partial charge in [0.2, 0.25) is 0 Å². The van der Waals surface area contributed by atoms with Gasteiger partial charge in [0, 0.05) is 22.5 Å². The smallest absolute Gasteiger partial charge is 0.396 e. The summed E-state index contributed by atoms with van der Waals surface area (Å²) in [4.78, 5) is 0. The van der Waals surface area contributed by atoms with Gasteiger partial charge in [-0.15, -0.1) is 12.4 Å². The summed E-state index contributed by atoms with van der Waals surface area (Å²) >= 11 is 3.04. The van der Waals surface area contributed by atoms with Gasteiger partial charge in [0.25, 0.3) is 0 Å². The molecule has 0 amide bonds. The molecule has 1 rings (SSSR count). The first-order chi connectivity index (χ1) is 8.08. The minimum atomic E-state index is -4.42. The van der Waals surface area contributed by atoms with Crippen molar-refractivity contribution in [3.63, 3.8) is 0 Å². The Kier molecular flexibility index (Phi) is 6.33. The molecule has 7 heteroatoms. The van der Waals surface area contributed by atoms with Gasteiger partial charge in [-0.2, -0.15) is 13.2 Å². The largest absolute Gasteiger partial charge is 0.416 e. The topological polar surface area (TPSA) is 46.2 Å². The summed E-state index contributed by atoms with van der Waals surface area (Å²) in [6, 6.07) is 2.88. The minimum absolute atomic E-state index is 0. The second-order valence-electron chi connectivity index (χ2n) is 4.90. The molecular formula is C12H16BrClF3NO. The zero-order valence-electron chi connectivity index (χ0n) is 10.5. The lowest BCUT2D eigenvalue weighted by molar-refractivity contribution is -0.137. The van der Waals surface area contributed by atoms with Crippen LogP contribution in [0.4, 0.5) is 13.2 Å². The molecule has 0 bridgehead atoms. The van der Waals surface area contributed by atoms with Crippen molar-refractivity contribution in [2.75, 3.05) is 6.61 Å². The van der Waals surface area contributed by atoms with Crippen LogP contribution in [0.3, 0.4) is 0 Å².